The number of ether oxygens (including phenoxy) is 4. The Balaban J connectivity index is 1.95. The largest absolute Gasteiger partial charge is 0.376 e. The van der Waals surface area contributed by atoms with E-state index in [9.17, 15) is 0 Å². The third-order valence-electron chi connectivity index (χ3n) is 6.62. The molecule has 2 aliphatic rings. The van der Waals surface area contributed by atoms with Gasteiger partial charge in [0.15, 0.2) is 0 Å². The van der Waals surface area contributed by atoms with Crippen LogP contribution in [-0.2, 0) is 18.9 Å². The molecule has 2 atom stereocenters. The van der Waals surface area contributed by atoms with Crippen molar-refractivity contribution in [2.75, 3.05) is 53.1 Å². The Hall–Kier alpha value is -0.240. The van der Waals surface area contributed by atoms with Crippen molar-refractivity contribution in [1.29, 1.82) is 0 Å². The van der Waals surface area contributed by atoms with Gasteiger partial charge in [0.1, 0.15) is 0 Å². The van der Waals surface area contributed by atoms with E-state index in [1.165, 1.54) is 0 Å². The average Bonchev–Trinajstić information content (AvgIpc) is 2.67. The fourth-order valence-corrected chi connectivity index (χ4v) is 3.86. The van der Waals surface area contributed by atoms with Crippen molar-refractivity contribution in [2.45, 2.75) is 90.4 Å². The van der Waals surface area contributed by atoms with E-state index in [1.54, 1.807) is 7.11 Å². The minimum absolute atomic E-state index is 0.0554. The van der Waals surface area contributed by atoms with Crippen molar-refractivity contribution >= 4 is 0 Å². The molecule has 0 aromatic rings. The lowest BCUT2D eigenvalue weighted by Crippen LogP contribution is -2.61. The van der Waals surface area contributed by atoms with Gasteiger partial charge in [-0.25, -0.2) is 0 Å². The van der Waals surface area contributed by atoms with Crippen LogP contribution in [0.1, 0.15) is 55.4 Å². The minimum Gasteiger partial charge on any atom is -0.376 e. The number of methoxy groups -OCH3 is 1. The van der Waals surface area contributed by atoms with E-state index < -0.39 is 0 Å². The molecule has 0 saturated carbocycles. The van der Waals surface area contributed by atoms with E-state index in [0.717, 1.165) is 39.4 Å². The summed E-state index contributed by atoms with van der Waals surface area (Å²) in [5.41, 5.74) is -0.719. The molecule has 0 radical (unpaired) electrons. The van der Waals surface area contributed by atoms with Gasteiger partial charge in [-0.1, -0.05) is 0 Å². The summed E-state index contributed by atoms with van der Waals surface area (Å²) in [6.07, 6.45) is 0.143. The van der Waals surface area contributed by atoms with Crippen LogP contribution >= 0.6 is 0 Å². The van der Waals surface area contributed by atoms with Gasteiger partial charge >= 0.3 is 0 Å². The van der Waals surface area contributed by atoms with E-state index >= 15 is 0 Å². The van der Waals surface area contributed by atoms with Crippen molar-refractivity contribution in [3.05, 3.63) is 0 Å². The highest BCUT2D eigenvalue weighted by molar-refractivity contribution is 4.93. The Morgan fingerprint density at radius 2 is 1.46 bits per heavy atom. The molecule has 0 unspecified atom stereocenters. The van der Waals surface area contributed by atoms with E-state index in [4.69, 9.17) is 18.9 Å². The molecule has 28 heavy (non-hydrogen) atoms. The summed E-state index contributed by atoms with van der Waals surface area (Å²) in [4.78, 5) is 4.95. The Morgan fingerprint density at radius 3 is 2.04 bits per heavy atom. The van der Waals surface area contributed by atoms with E-state index in [2.05, 4.69) is 65.2 Å². The first kappa shape index (κ1) is 24.0. The van der Waals surface area contributed by atoms with Crippen LogP contribution < -0.4 is 0 Å². The smallest absolute Gasteiger partial charge is 0.0986 e. The van der Waals surface area contributed by atoms with Crippen molar-refractivity contribution in [3.8, 4) is 0 Å². The predicted octanol–water partition coefficient (Wildman–Crippen LogP) is 2.80. The van der Waals surface area contributed by atoms with Crippen LogP contribution in [0.25, 0.3) is 0 Å². The average molecular weight is 401 g/mol. The van der Waals surface area contributed by atoms with Gasteiger partial charge in [0.2, 0.25) is 0 Å². The van der Waals surface area contributed by atoms with Gasteiger partial charge in [-0.15, -0.1) is 0 Å². The summed E-state index contributed by atoms with van der Waals surface area (Å²) in [6, 6.07) is 0.535. The number of rotatable bonds is 8. The quantitative estimate of drug-likeness (QED) is 0.624. The second kappa shape index (κ2) is 9.27. The maximum absolute atomic E-state index is 6.50. The molecule has 2 rings (SSSR count). The first-order valence-electron chi connectivity index (χ1n) is 10.8. The van der Waals surface area contributed by atoms with Gasteiger partial charge in [0.25, 0.3) is 0 Å². The molecule has 0 spiro atoms. The molecule has 0 aromatic heterocycles. The molecule has 166 valence electrons. The third kappa shape index (κ3) is 5.89. The van der Waals surface area contributed by atoms with Crippen molar-refractivity contribution < 1.29 is 18.9 Å². The SMILES string of the molecule is COC(C)(C)[C@@H]1CN(C(C)(C)COC(C)(C)[C@H]2CN(C(C)C)CCO2)CCO1. The zero-order chi connectivity index (χ0) is 21.2. The molecule has 2 fully saturated rings. The lowest BCUT2D eigenvalue weighted by atomic mass is 9.95. The Bertz CT molecular complexity index is 493. The standard InChI is InChI=1S/C22H44N2O4/c1-17(2)23-10-12-26-18(14-23)22(7,8)28-16-20(3,4)24-11-13-27-19(15-24)21(5,6)25-9/h17-19H,10-16H2,1-9H3/t18-,19+/m1/s1. The number of morpholine rings is 2. The molecule has 0 aromatic carbocycles. The maximum Gasteiger partial charge on any atom is 0.0986 e. The minimum atomic E-state index is -0.331. The lowest BCUT2D eigenvalue weighted by molar-refractivity contribution is -0.187. The van der Waals surface area contributed by atoms with Gasteiger partial charge in [-0.2, -0.15) is 0 Å². The fourth-order valence-electron chi connectivity index (χ4n) is 3.86. The fraction of sp³-hybridized carbons (Fsp3) is 1.00. The normalized spacial score (nSPS) is 26.8. The summed E-state index contributed by atoms with van der Waals surface area (Å²) in [7, 11) is 1.75. The summed E-state index contributed by atoms with van der Waals surface area (Å²) < 4.78 is 24.2. The Morgan fingerprint density at radius 1 is 0.893 bits per heavy atom. The Kier molecular flexibility index (Phi) is 7.96. The van der Waals surface area contributed by atoms with Gasteiger partial charge in [0.05, 0.1) is 43.2 Å². The second-order valence-corrected chi connectivity index (χ2v) is 10.3. The summed E-state index contributed by atoms with van der Waals surface area (Å²) in [5, 5.41) is 0. The van der Waals surface area contributed by atoms with Crippen LogP contribution in [0.3, 0.4) is 0 Å². The van der Waals surface area contributed by atoms with Gasteiger partial charge in [0, 0.05) is 44.9 Å². The lowest BCUT2D eigenvalue weighted by Gasteiger charge is -2.48. The Labute approximate surface area is 172 Å². The number of nitrogens with zero attached hydrogens (tertiary/aromatic N) is 2. The van der Waals surface area contributed by atoms with Crippen LogP contribution in [0.4, 0.5) is 0 Å². The zero-order valence-electron chi connectivity index (χ0n) is 19.7. The predicted molar refractivity (Wildman–Crippen MR) is 113 cm³/mol. The summed E-state index contributed by atoms with van der Waals surface area (Å²) in [6.45, 7) is 23.3. The summed E-state index contributed by atoms with van der Waals surface area (Å²) >= 11 is 0. The molecule has 0 amide bonds. The molecule has 2 heterocycles. The molecule has 0 N–H and O–H groups in total. The first-order chi connectivity index (χ1) is 12.9. The second-order valence-electron chi connectivity index (χ2n) is 10.3. The number of hydrogen-bond donors (Lipinski definition) is 0. The zero-order valence-corrected chi connectivity index (χ0v) is 19.7. The van der Waals surface area contributed by atoms with Gasteiger partial charge < -0.3 is 18.9 Å². The monoisotopic (exact) mass is 400 g/mol. The molecule has 0 bridgehead atoms. The highest BCUT2D eigenvalue weighted by atomic mass is 16.6. The van der Waals surface area contributed by atoms with Gasteiger partial charge in [-0.05, 0) is 55.4 Å². The molecular weight excluding hydrogens is 356 g/mol. The third-order valence-corrected chi connectivity index (χ3v) is 6.62. The summed E-state index contributed by atoms with van der Waals surface area (Å²) in [5.74, 6) is 0. The maximum atomic E-state index is 6.50. The molecule has 2 aliphatic heterocycles. The topological polar surface area (TPSA) is 43.4 Å². The molecule has 2 saturated heterocycles. The van der Waals surface area contributed by atoms with Crippen molar-refractivity contribution in [3.63, 3.8) is 0 Å². The van der Waals surface area contributed by atoms with Crippen LogP contribution in [0.5, 0.6) is 0 Å². The molecule has 0 aliphatic carbocycles. The number of hydrogen-bond acceptors (Lipinski definition) is 6. The van der Waals surface area contributed by atoms with E-state index in [1.807, 2.05) is 0 Å². The highest BCUT2D eigenvalue weighted by Gasteiger charge is 2.41. The first-order valence-corrected chi connectivity index (χ1v) is 10.8. The molecule has 6 nitrogen and oxygen atoms in total. The van der Waals surface area contributed by atoms with Crippen LogP contribution in [0.2, 0.25) is 0 Å². The van der Waals surface area contributed by atoms with Crippen LogP contribution in [0.15, 0.2) is 0 Å². The van der Waals surface area contributed by atoms with Crippen molar-refractivity contribution in [1.82, 2.24) is 9.80 Å². The molecule has 6 heteroatoms. The van der Waals surface area contributed by atoms with Crippen LogP contribution in [0, 0.1) is 0 Å². The molecular formula is C22H44N2O4. The van der Waals surface area contributed by atoms with E-state index in [-0.39, 0.29) is 28.9 Å². The van der Waals surface area contributed by atoms with Gasteiger partial charge in [-0.3, -0.25) is 9.80 Å². The highest BCUT2D eigenvalue weighted by Crippen LogP contribution is 2.29. The van der Waals surface area contributed by atoms with E-state index in [0.29, 0.717) is 12.6 Å². The van der Waals surface area contributed by atoms with Crippen LogP contribution in [-0.4, -0.2) is 97.9 Å². The van der Waals surface area contributed by atoms with Crippen molar-refractivity contribution in [2.24, 2.45) is 0 Å².